The van der Waals surface area contributed by atoms with Crippen LogP contribution in [0.4, 0.5) is 19.0 Å². The minimum absolute atomic E-state index is 0.0117. The number of nitrogens with one attached hydrogen (secondary N) is 1. The molecular weight excluding hydrogens is 387 g/mol. The molecule has 1 N–H and O–H groups in total. The second-order valence-electron chi connectivity index (χ2n) is 5.80. The summed E-state index contributed by atoms with van der Waals surface area (Å²) in [4.78, 5) is 19.7. The molecule has 0 aliphatic heterocycles. The predicted molar refractivity (Wildman–Crippen MR) is 95.1 cm³/mol. The summed E-state index contributed by atoms with van der Waals surface area (Å²) in [5.41, 5.74) is 0.0492. The van der Waals surface area contributed by atoms with Gasteiger partial charge in [0.1, 0.15) is 5.82 Å². The lowest BCUT2D eigenvalue weighted by Gasteiger charge is -2.11. The molecule has 0 saturated heterocycles. The number of aromatic nitrogens is 6. The van der Waals surface area contributed by atoms with Gasteiger partial charge in [-0.3, -0.25) is 9.97 Å². The van der Waals surface area contributed by atoms with Gasteiger partial charge in [0.2, 0.25) is 11.7 Å². The third-order valence-electron chi connectivity index (χ3n) is 3.78. The van der Waals surface area contributed by atoms with Gasteiger partial charge in [0.25, 0.3) is 0 Å². The van der Waals surface area contributed by atoms with Crippen LogP contribution in [0.5, 0.6) is 0 Å². The van der Waals surface area contributed by atoms with Crippen molar-refractivity contribution >= 4 is 5.82 Å². The van der Waals surface area contributed by atoms with Crippen LogP contribution < -0.4 is 5.32 Å². The fourth-order valence-corrected chi connectivity index (χ4v) is 2.42. The quantitative estimate of drug-likeness (QED) is 0.543. The number of alkyl halides is 3. The standard InChI is InChI=1S/C18H12F3N7O/c19-18(20,21)13-9-14(26-16(25-13)11-1-5-22-6-2-11)24-10-15-27-17(28-29-15)12-3-7-23-8-4-12/h1-9H,10H2,(H,24,25,26). The Morgan fingerprint density at radius 1 is 0.828 bits per heavy atom. The van der Waals surface area contributed by atoms with Crippen molar-refractivity contribution in [1.29, 1.82) is 0 Å². The maximum atomic E-state index is 13.2. The number of nitrogens with zero attached hydrogens (tertiary/aromatic N) is 6. The molecule has 0 atom stereocenters. The second-order valence-corrected chi connectivity index (χ2v) is 5.80. The predicted octanol–water partition coefficient (Wildman–Crippen LogP) is 3.61. The van der Waals surface area contributed by atoms with Crippen LogP contribution in [-0.4, -0.2) is 30.1 Å². The zero-order valence-electron chi connectivity index (χ0n) is 14.6. The third-order valence-corrected chi connectivity index (χ3v) is 3.78. The summed E-state index contributed by atoms with van der Waals surface area (Å²) in [5, 5.41) is 6.62. The van der Waals surface area contributed by atoms with E-state index in [-0.39, 0.29) is 24.1 Å². The third kappa shape index (κ3) is 4.34. The van der Waals surface area contributed by atoms with Crippen molar-refractivity contribution in [3.8, 4) is 22.8 Å². The zero-order valence-corrected chi connectivity index (χ0v) is 14.6. The summed E-state index contributed by atoms with van der Waals surface area (Å²) in [7, 11) is 0. The molecule has 146 valence electrons. The Morgan fingerprint density at radius 2 is 1.45 bits per heavy atom. The van der Waals surface area contributed by atoms with Crippen LogP contribution in [0.3, 0.4) is 0 Å². The Hall–Kier alpha value is -3.89. The highest BCUT2D eigenvalue weighted by atomic mass is 19.4. The molecule has 0 fully saturated rings. The molecule has 4 rings (SSSR count). The summed E-state index contributed by atoms with van der Waals surface area (Å²) >= 11 is 0. The molecule has 4 aromatic rings. The zero-order chi connectivity index (χ0) is 20.3. The Bertz CT molecular complexity index is 1100. The fraction of sp³-hybridized carbons (Fsp3) is 0.111. The van der Waals surface area contributed by atoms with E-state index in [1.807, 2.05) is 0 Å². The Labute approximate surface area is 161 Å². The number of pyridine rings is 2. The molecule has 0 radical (unpaired) electrons. The number of hydrogen-bond acceptors (Lipinski definition) is 8. The van der Waals surface area contributed by atoms with E-state index in [4.69, 9.17) is 4.52 Å². The van der Waals surface area contributed by atoms with Gasteiger partial charge in [-0.2, -0.15) is 18.2 Å². The smallest absolute Gasteiger partial charge is 0.361 e. The Balaban J connectivity index is 1.58. The number of hydrogen-bond donors (Lipinski definition) is 1. The summed E-state index contributed by atoms with van der Waals surface area (Å²) < 4.78 is 44.9. The molecule has 0 aromatic carbocycles. The lowest BCUT2D eigenvalue weighted by atomic mass is 10.2. The summed E-state index contributed by atoms with van der Waals surface area (Å²) in [6.45, 7) is -0.0117. The van der Waals surface area contributed by atoms with Gasteiger partial charge in [-0.15, -0.1) is 0 Å². The lowest BCUT2D eigenvalue weighted by molar-refractivity contribution is -0.141. The van der Waals surface area contributed by atoms with Crippen molar-refractivity contribution in [2.24, 2.45) is 0 Å². The summed E-state index contributed by atoms with van der Waals surface area (Å²) in [6, 6.07) is 7.30. The molecule has 8 nitrogen and oxygen atoms in total. The van der Waals surface area contributed by atoms with Crippen molar-refractivity contribution in [3.05, 3.63) is 66.7 Å². The van der Waals surface area contributed by atoms with Crippen molar-refractivity contribution < 1.29 is 17.7 Å². The van der Waals surface area contributed by atoms with E-state index in [1.165, 1.54) is 24.5 Å². The molecule has 4 aromatic heterocycles. The molecule has 4 heterocycles. The van der Waals surface area contributed by atoms with Crippen LogP contribution in [0.2, 0.25) is 0 Å². The van der Waals surface area contributed by atoms with Crippen LogP contribution in [0.1, 0.15) is 11.6 Å². The first kappa shape index (κ1) is 18.5. The average Bonchev–Trinajstić information content (AvgIpc) is 3.22. The maximum absolute atomic E-state index is 13.2. The van der Waals surface area contributed by atoms with Crippen molar-refractivity contribution in [3.63, 3.8) is 0 Å². The monoisotopic (exact) mass is 399 g/mol. The molecule has 0 spiro atoms. The van der Waals surface area contributed by atoms with E-state index in [0.29, 0.717) is 17.0 Å². The van der Waals surface area contributed by atoms with Crippen LogP contribution in [-0.2, 0) is 12.7 Å². The lowest BCUT2D eigenvalue weighted by Crippen LogP contribution is -2.12. The highest BCUT2D eigenvalue weighted by molar-refractivity contribution is 5.57. The molecule has 0 bridgehead atoms. The van der Waals surface area contributed by atoms with Crippen molar-refractivity contribution in [2.75, 3.05) is 5.32 Å². The van der Waals surface area contributed by atoms with Gasteiger partial charge >= 0.3 is 6.18 Å². The topological polar surface area (TPSA) is 103 Å². The van der Waals surface area contributed by atoms with Crippen molar-refractivity contribution in [1.82, 2.24) is 30.1 Å². The van der Waals surface area contributed by atoms with Gasteiger partial charge in [-0.1, -0.05) is 5.16 Å². The minimum Gasteiger partial charge on any atom is -0.361 e. The SMILES string of the molecule is FC(F)(F)c1cc(NCc2nc(-c3ccncc3)no2)nc(-c2ccncc2)n1. The van der Waals surface area contributed by atoms with Crippen LogP contribution >= 0.6 is 0 Å². The maximum Gasteiger partial charge on any atom is 0.433 e. The first-order valence-electron chi connectivity index (χ1n) is 8.32. The number of anilines is 1. The first-order valence-corrected chi connectivity index (χ1v) is 8.32. The number of rotatable bonds is 5. The average molecular weight is 399 g/mol. The molecule has 11 heteroatoms. The molecule has 0 amide bonds. The van der Waals surface area contributed by atoms with Gasteiger partial charge in [0, 0.05) is 42.0 Å². The van der Waals surface area contributed by atoms with Crippen LogP contribution in [0, 0.1) is 0 Å². The second kappa shape index (κ2) is 7.62. The van der Waals surface area contributed by atoms with Gasteiger partial charge < -0.3 is 9.84 Å². The van der Waals surface area contributed by atoms with E-state index in [0.717, 1.165) is 6.07 Å². The van der Waals surface area contributed by atoms with Crippen molar-refractivity contribution in [2.45, 2.75) is 12.7 Å². The van der Waals surface area contributed by atoms with E-state index >= 15 is 0 Å². The Kier molecular flexibility index (Phi) is 4.85. The van der Waals surface area contributed by atoms with Gasteiger partial charge in [0.05, 0.1) is 6.54 Å². The van der Waals surface area contributed by atoms with Gasteiger partial charge in [-0.05, 0) is 24.3 Å². The Morgan fingerprint density at radius 3 is 2.07 bits per heavy atom. The van der Waals surface area contributed by atoms with E-state index in [1.54, 1.807) is 24.5 Å². The highest BCUT2D eigenvalue weighted by Crippen LogP contribution is 2.30. The first-order chi connectivity index (χ1) is 14.0. The van der Waals surface area contributed by atoms with Gasteiger partial charge in [-0.25, -0.2) is 9.97 Å². The number of halogens is 3. The van der Waals surface area contributed by atoms with Crippen LogP contribution in [0.15, 0.2) is 59.6 Å². The molecule has 0 aliphatic carbocycles. The normalized spacial score (nSPS) is 11.4. The van der Waals surface area contributed by atoms with E-state index < -0.39 is 11.9 Å². The summed E-state index contributed by atoms with van der Waals surface area (Å²) in [5.74, 6) is 0.435. The summed E-state index contributed by atoms with van der Waals surface area (Å²) in [6.07, 6.45) is 1.45. The minimum atomic E-state index is -4.62. The van der Waals surface area contributed by atoms with E-state index in [9.17, 15) is 13.2 Å². The van der Waals surface area contributed by atoms with E-state index in [2.05, 4.69) is 35.4 Å². The van der Waals surface area contributed by atoms with Crippen LogP contribution in [0.25, 0.3) is 22.8 Å². The fourth-order valence-electron chi connectivity index (χ4n) is 2.42. The van der Waals surface area contributed by atoms with Gasteiger partial charge in [0.15, 0.2) is 11.5 Å². The molecule has 0 aliphatic rings. The molecule has 0 saturated carbocycles. The highest BCUT2D eigenvalue weighted by Gasteiger charge is 2.33. The molecule has 29 heavy (non-hydrogen) atoms. The molecule has 0 unspecified atom stereocenters. The molecular formula is C18H12F3N7O. The largest absolute Gasteiger partial charge is 0.433 e.